The number of nitrogens with one attached hydrogen (secondary N) is 1. The van der Waals surface area contributed by atoms with Gasteiger partial charge in [0.05, 0.1) is 31.5 Å². The summed E-state index contributed by atoms with van der Waals surface area (Å²) in [6.07, 6.45) is 1.00. The van der Waals surface area contributed by atoms with Crippen molar-refractivity contribution in [3.8, 4) is 0 Å². The van der Waals surface area contributed by atoms with Crippen LogP contribution in [0.1, 0.15) is 17.2 Å². The topological polar surface area (TPSA) is 75.7 Å². The van der Waals surface area contributed by atoms with Crippen molar-refractivity contribution < 1.29 is 17.9 Å². The van der Waals surface area contributed by atoms with E-state index < -0.39 is 10.0 Å². The summed E-state index contributed by atoms with van der Waals surface area (Å²) >= 11 is 5.93. The monoisotopic (exact) mass is 408 g/mol. The Labute approximate surface area is 164 Å². The number of halogens is 1. The average molecular weight is 409 g/mol. The van der Waals surface area contributed by atoms with E-state index in [9.17, 15) is 13.2 Å². The summed E-state index contributed by atoms with van der Waals surface area (Å²) in [5.41, 5.74) is 2.04. The normalized spacial score (nSPS) is 17.6. The minimum atomic E-state index is -3.41. The van der Waals surface area contributed by atoms with E-state index in [1.165, 1.54) is 0 Å². The number of hydrogen-bond acceptors (Lipinski definition) is 4. The molecule has 0 bridgehead atoms. The Morgan fingerprint density at radius 2 is 1.93 bits per heavy atom. The van der Waals surface area contributed by atoms with Gasteiger partial charge in [-0.2, -0.15) is 0 Å². The van der Waals surface area contributed by atoms with Crippen LogP contribution in [0.3, 0.4) is 0 Å². The van der Waals surface area contributed by atoms with Crippen LogP contribution in [-0.4, -0.2) is 45.2 Å². The first-order valence-electron chi connectivity index (χ1n) is 8.52. The molecule has 3 rings (SSSR count). The van der Waals surface area contributed by atoms with Crippen molar-refractivity contribution in [1.29, 1.82) is 0 Å². The Morgan fingerprint density at radius 1 is 1.22 bits per heavy atom. The van der Waals surface area contributed by atoms with Crippen molar-refractivity contribution in [1.82, 2.24) is 4.90 Å². The number of nitrogens with zero attached hydrogens (tertiary/aromatic N) is 1. The number of sulfonamides is 1. The molecule has 8 heteroatoms. The molecule has 6 nitrogen and oxygen atoms in total. The van der Waals surface area contributed by atoms with Gasteiger partial charge in [0.1, 0.15) is 6.10 Å². The molecule has 27 heavy (non-hydrogen) atoms. The fraction of sp³-hybridized carbons (Fsp3) is 0.316. The smallest absolute Gasteiger partial charge is 0.229 e. The van der Waals surface area contributed by atoms with E-state index >= 15 is 0 Å². The number of amides is 1. The predicted molar refractivity (Wildman–Crippen MR) is 105 cm³/mol. The van der Waals surface area contributed by atoms with Crippen LogP contribution < -0.4 is 4.72 Å². The molecule has 2 aromatic rings. The maximum atomic E-state index is 12.8. The summed E-state index contributed by atoms with van der Waals surface area (Å²) in [6, 6.07) is 14.3. The molecule has 144 valence electrons. The molecule has 1 atom stereocenters. The lowest BCUT2D eigenvalue weighted by molar-refractivity contribution is -0.138. The highest BCUT2D eigenvalue weighted by Crippen LogP contribution is 2.25. The third kappa shape index (κ3) is 5.45. The quantitative estimate of drug-likeness (QED) is 0.825. The third-order valence-electron chi connectivity index (χ3n) is 4.32. The highest BCUT2D eigenvalue weighted by atomic mass is 35.5. The van der Waals surface area contributed by atoms with Crippen molar-refractivity contribution in [2.45, 2.75) is 12.5 Å². The summed E-state index contributed by atoms with van der Waals surface area (Å²) in [7, 11) is -3.41. The summed E-state index contributed by atoms with van der Waals surface area (Å²) in [5, 5.41) is 0.650. The minimum Gasteiger partial charge on any atom is -0.370 e. The fourth-order valence-electron chi connectivity index (χ4n) is 3.00. The number of ether oxygens (including phenoxy) is 1. The largest absolute Gasteiger partial charge is 0.370 e. The zero-order valence-corrected chi connectivity index (χ0v) is 16.5. The number of para-hydroxylation sites is 1. The van der Waals surface area contributed by atoms with E-state index in [1.54, 1.807) is 41.3 Å². The molecule has 1 aliphatic rings. The molecule has 2 aromatic carbocycles. The number of anilines is 1. The second kappa shape index (κ2) is 8.29. The predicted octanol–water partition coefficient (Wildman–Crippen LogP) is 2.85. The zero-order chi connectivity index (χ0) is 19.4. The lowest BCUT2D eigenvalue weighted by atomic mass is 10.1. The second-order valence-electron chi connectivity index (χ2n) is 6.46. The average Bonchev–Trinajstić information content (AvgIpc) is 2.63. The zero-order valence-electron chi connectivity index (χ0n) is 14.9. The van der Waals surface area contributed by atoms with E-state index in [0.29, 0.717) is 36.0 Å². The van der Waals surface area contributed by atoms with Crippen LogP contribution in [0, 0.1) is 0 Å². The maximum Gasteiger partial charge on any atom is 0.229 e. The molecule has 0 spiro atoms. The number of rotatable bonds is 5. The van der Waals surface area contributed by atoms with E-state index in [0.717, 1.165) is 11.8 Å². The van der Waals surface area contributed by atoms with E-state index in [4.69, 9.17) is 16.3 Å². The van der Waals surface area contributed by atoms with Crippen LogP contribution in [0.25, 0.3) is 0 Å². The molecule has 1 N–H and O–H groups in total. The van der Waals surface area contributed by atoms with Gasteiger partial charge in [-0.1, -0.05) is 41.9 Å². The molecule has 1 fully saturated rings. The number of hydrogen-bond donors (Lipinski definition) is 1. The first kappa shape index (κ1) is 19.7. The van der Waals surface area contributed by atoms with Gasteiger partial charge in [0.2, 0.25) is 15.9 Å². The SMILES string of the molecule is CS(=O)(=O)Nc1ccccc1CC(=O)N1CCOC(c2ccc(Cl)cc2)C1. The standard InChI is InChI=1S/C19H21ClN2O4S/c1-27(24,25)21-17-5-3-2-4-15(17)12-19(23)22-10-11-26-18(13-22)14-6-8-16(20)9-7-14/h2-9,18,21H,10-13H2,1H3. The maximum absolute atomic E-state index is 12.8. The number of carbonyl (C=O) groups excluding carboxylic acids is 1. The Morgan fingerprint density at radius 3 is 2.63 bits per heavy atom. The van der Waals surface area contributed by atoms with Crippen molar-refractivity contribution >= 4 is 33.2 Å². The molecule has 1 amide bonds. The molecular formula is C19H21ClN2O4S. The first-order chi connectivity index (χ1) is 12.8. The summed E-state index contributed by atoms with van der Waals surface area (Å²) in [6.45, 7) is 1.40. The molecule has 1 saturated heterocycles. The highest BCUT2D eigenvalue weighted by molar-refractivity contribution is 7.92. The molecule has 0 aromatic heterocycles. The molecule has 0 saturated carbocycles. The van der Waals surface area contributed by atoms with Gasteiger partial charge in [-0.25, -0.2) is 8.42 Å². The third-order valence-corrected chi connectivity index (χ3v) is 5.16. The van der Waals surface area contributed by atoms with Crippen molar-refractivity contribution in [3.05, 3.63) is 64.7 Å². The van der Waals surface area contributed by atoms with Gasteiger partial charge in [-0.05, 0) is 29.3 Å². The lowest BCUT2D eigenvalue weighted by Gasteiger charge is -2.33. The van der Waals surface area contributed by atoms with E-state index in [-0.39, 0.29) is 18.4 Å². The number of benzene rings is 2. The number of carbonyl (C=O) groups is 1. The Balaban J connectivity index is 1.70. The van der Waals surface area contributed by atoms with E-state index in [1.807, 2.05) is 12.1 Å². The number of morpholine rings is 1. The van der Waals surface area contributed by atoms with Gasteiger partial charge in [-0.3, -0.25) is 9.52 Å². The summed E-state index contributed by atoms with van der Waals surface area (Å²) in [4.78, 5) is 14.5. The fourth-order valence-corrected chi connectivity index (χ4v) is 3.73. The molecular weight excluding hydrogens is 388 g/mol. The molecule has 0 radical (unpaired) electrons. The van der Waals surface area contributed by atoms with Gasteiger partial charge in [0.15, 0.2) is 0 Å². The van der Waals surface area contributed by atoms with Crippen LogP contribution in [0.5, 0.6) is 0 Å². The van der Waals surface area contributed by atoms with Gasteiger partial charge < -0.3 is 9.64 Å². The van der Waals surface area contributed by atoms with Gasteiger partial charge >= 0.3 is 0 Å². The molecule has 1 aliphatic heterocycles. The van der Waals surface area contributed by atoms with Crippen LogP contribution in [0.15, 0.2) is 48.5 Å². The first-order valence-corrected chi connectivity index (χ1v) is 10.8. The summed E-state index contributed by atoms with van der Waals surface area (Å²) < 4.78 is 31.3. The Hall–Kier alpha value is -2.09. The second-order valence-corrected chi connectivity index (χ2v) is 8.64. The van der Waals surface area contributed by atoms with Crippen LogP contribution >= 0.6 is 11.6 Å². The Kier molecular flexibility index (Phi) is 6.04. The van der Waals surface area contributed by atoms with E-state index in [2.05, 4.69) is 4.72 Å². The lowest BCUT2D eigenvalue weighted by Crippen LogP contribution is -2.43. The molecule has 1 heterocycles. The molecule has 0 aliphatic carbocycles. The van der Waals surface area contributed by atoms with Crippen molar-refractivity contribution in [2.75, 3.05) is 30.7 Å². The highest BCUT2D eigenvalue weighted by Gasteiger charge is 2.26. The molecule has 1 unspecified atom stereocenters. The van der Waals surface area contributed by atoms with Crippen LogP contribution in [0.4, 0.5) is 5.69 Å². The van der Waals surface area contributed by atoms with Crippen molar-refractivity contribution in [3.63, 3.8) is 0 Å². The summed E-state index contributed by atoms with van der Waals surface area (Å²) in [5.74, 6) is -0.0694. The van der Waals surface area contributed by atoms with Gasteiger partial charge in [-0.15, -0.1) is 0 Å². The van der Waals surface area contributed by atoms with Crippen LogP contribution in [0.2, 0.25) is 5.02 Å². The van der Waals surface area contributed by atoms with Crippen LogP contribution in [-0.2, 0) is 26.0 Å². The van der Waals surface area contributed by atoms with Gasteiger partial charge in [0, 0.05) is 11.6 Å². The minimum absolute atomic E-state index is 0.0694. The van der Waals surface area contributed by atoms with Gasteiger partial charge in [0.25, 0.3) is 0 Å². The Bertz CT molecular complexity index is 916. The van der Waals surface area contributed by atoms with Crippen molar-refractivity contribution in [2.24, 2.45) is 0 Å².